The van der Waals surface area contributed by atoms with E-state index in [0.29, 0.717) is 5.95 Å². The molecule has 0 bridgehead atoms. The van der Waals surface area contributed by atoms with Gasteiger partial charge in [-0.15, -0.1) is 0 Å². The highest BCUT2D eigenvalue weighted by molar-refractivity contribution is 14.1. The molecule has 0 spiro atoms. The van der Waals surface area contributed by atoms with Crippen molar-refractivity contribution in [1.29, 1.82) is 0 Å². The molecule has 3 aromatic rings. The van der Waals surface area contributed by atoms with E-state index in [1.807, 2.05) is 36.4 Å². The monoisotopic (exact) mass is 445 g/mol. The number of hydrogen-bond donors (Lipinski definition) is 2. The van der Waals surface area contributed by atoms with Crippen LogP contribution in [-0.2, 0) is 0 Å². The number of halogens is 1. The van der Waals surface area contributed by atoms with Gasteiger partial charge in [-0.3, -0.25) is 4.98 Å². The molecular formula is C19H20IN5. The Morgan fingerprint density at radius 3 is 2.36 bits per heavy atom. The van der Waals surface area contributed by atoms with Crippen LogP contribution in [0.15, 0.2) is 54.9 Å². The molecule has 1 aromatic carbocycles. The predicted octanol–water partition coefficient (Wildman–Crippen LogP) is 5.10. The van der Waals surface area contributed by atoms with Crippen molar-refractivity contribution in [2.75, 3.05) is 10.6 Å². The zero-order chi connectivity index (χ0) is 17.9. The minimum Gasteiger partial charge on any atom is -0.350 e. The van der Waals surface area contributed by atoms with Gasteiger partial charge in [-0.05, 0) is 67.6 Å². The van der Waals surface area contributed by atoms with Gasteiger partial charge < -0.3 is 10.6 Å². The summed E-state index contributed by atoms with van der Waals surface area (Å²) >= 11 is 2.31. The van der Waals surface area contributed by atoms with Crippen LogP contribution in [0.2, 0.25) is 0 Å². The first-order chi connectivity index (χ1) is 11.9. The summed E-state index contributed by atoms with van der Waals surface area (Å²) in [5.74, 6) is 1.34. The Balaban J connectivity index is 2.02. The summed E-state index contributed by atoms with van der Waals surface area (Å²) < 4.78 is 1.13. The zero-order valence-corrected chi connectivity index (χ0v) is 16.6. The van der Waals surface area contributed by atoms with Gasteiger partial charge in [0, 0.05) is 33.1 Å². The van der Waals surface area contributed by atoms with Crippen molar-refractivity contribution in [3.63, 3.8) is 0 Å². The minimum atomic E-state index is -0.130. The Morgan fingerprint density at radius 1 is 0.960 bits per heavy atom. The largest absolute Gasteiger partial charge is 0.350 e. The summed E-state index contributed by atoms with van der Waals surface area (Å²) in [6.45, 7) is 6.26. The second-order valence-electron chi connectivity index (χ2n) is 6.68. The van der Waals surface area contributed by atoms with Crippen LogP contribution in [0.5, 0.6) is 0 Å². The molecule has 0 aliphatic rings. The molecule has 6 heteroatoms. The number of para-hydroxylation sites is 1. The normalized spacial score (nSPS) is 11.2. The van der Waals surface area contributed by atoms with E-state index in [2.05, 4.69) is 75.0 Å². The number of rotatable bonds is 4. The van der Waals surface area contributed by atoms with Crippen LogP contribution in [0.25, 0.3) is 11.3 Å². The first kappa shape index (κ1) is 17.6. The topological polar surface area (TPSA) is 62.7 Å². The third-order valence-corrected chi connectivity index (χ3v) is 4.27. The van der Waals surface area contributed by atoms with Crippen molar-refractivity contribution in [2.45, 2.75) is 26.3 Å². The average molecular weight is 445 g/mol. The van der Waals surface area contributed by atoms with Gasteiger partial charge in [0.15, 0.2) is 0 Å². The van der Waals surface area contributed by atoms with Crippen LogP contribution < -0.4 is 10.6 Å². The Labute approximate surface area is 161 Å². The number of aromatic nitrogens is 3. The molecule has 2 N–H and O–H groups in total. The first-order valence-corrected chi connectivity index (χ1v) is 9.08. The van der Waals surface area contributed by atoms with Gasteiger partial charge in [0.05, 0.1) is 11.4 Å². The fraction of sp³-hybridized carbons (Fsp3) is 0.211. The van der Waals surface area contributed by atoms with Gasteiger partial charge in [0.2, 0.25) is 5.95 Å². The van der Waals surface area contributed by atoms with Gasteiger partial charge in [-0.25, -0.2) is 4.98 Å². The lowest BCUT2D eigenvalue weighted by atomic mass is 10.1. The maximum atomic E-state index is 4.66. The fourth-order valence-electron chi connectivity index (χ4n) is 2.27. The second-order valence-corrected chi connectivity index (χ2v) is 7.84. The Kier molecular flexibility index (Phi) is 5.17. The molecule has 0 radical (unpaired) electrons. The lowest BCUT2D eigenvalue weighted by Gasteiger charge is -2.21. The Bertz CT molecular complexity index is 859. The second kappa shape index (κ2) is 7.35. The minimum absolute atomic E-state index is 0.130. The third-order valence-electron chi connectivity index (χ3n) is 3.33. The van der Waals surface area contributed by atoms with E-state index < -0.39 is 0 Å². The highest BCUT2D eigenvalue weighted by Gasteiger charge is 2.14. The molecule has 128 valence electrons. The van der Waals surface area contributed by atoms with E-state index in [1.54, 1.807) is 12.4 Å². The number of nitrogens with one attached hydrogen (secondary N) is 2. The maximum Gasteiger partial charge on any atom is 0.225 e. The maximum absolute atomic E-state index is 4.66. The van der Waals surface area contributed by atoms with Crippen LogP contribution in [0.3, 0.4) is 0 Å². The average Bonchev–Trinajstić information content (AvgIpc) is 2.56. The number of benzene rings is 1. The summed E-state index contributed by atoms with van der Waals surface area (Å²) in [4.78, 5) is 13.4. The zero-order valence-electron chi connectivity index (χ0n) is 14.4. The van der Waals surface area contributed by atoms with E-state index in [-0.39, 0.29) is 5.54 Å². The number of anilines is 3. The van der Waals surface area contributed by atoms with Gasteiger partial charge in [-0.1, -0.05) is 12.1 Å². The SMILES string of the molecule is CC(C)(C)Nc1nc(Nc2ccccc2I)cc(-c2ccncc2)n1. The van der Waals surface area contributed by atoms with Crippen LogP contribution in [0.4, 0.5) is 17.5 Å². The molecule has 2 aromatic heterocycles. The lowest BCUT2D eigenvalue weighted by Crippen LogP contribution is -2.27. The van der Waals surface area contributed by atoms with E-state index in [1.165, 1.54) is 0 Å². The van der Waals surface area contributed by atoms with E-state index in [9.17, 15) is 0 Å². The molecule has 0 saturated heterocycles. The van der Waals surface area contributed by atoms with Crippen molar-refractivity contribution in [1.82, 2.24) is 15.0 Å². The van der Waals surface area contributed by atoms with Crippen molar-refractivity contribution in [3.8, 4) is 11.3 Å². The van der Waals surface area contributed by atoms with E-state index in [4.69, 9.17) is 0 Å². The summed E-state index contributed by atoms with van der Waals surface area (Å²) in [5.41, 5.74) is 2.73. The number of hydrogen-bond acceptors (Lipinski definition) is 5. The van der Waals surface area contributed by atoms with Crippen LogP contribution in [0.1, 0.15) is 20.8 Å². The fourth-order valence-corrected chi connectivity index (χ4v) is 2.80. The van der Waals surface area contributed by atoms with Crippen LogP contribution in [-0.4, -0.2) is 20.5 Å². The highest BCUT2D eigenvalue weighted by atomic mass is 127. The molecule has 5 nitrogen and oxygen atoms in total. The van der Waals surface area contributed by atoms with Crippen molar-refractivity contribution in [2.24, 2.45) is 0 Å². The van der Waals surface area contributed by atoms with Crippen molar-refractivity contribution < 1.29 is 0 Å². The molecule has 25 heavy (non-hydrogen) atoms. The summed E-state index contributed by atoms with van der Waals surface area (Å²) in [5, 5.41) is 6.75. The molecule has 0 unspecified atom stereocenters. The van der Waals surface area contributed by atoms with Gasteiger partial charge in [-0.2, -0.15) is 4.98 Å². The summed E-state index contributed by atoms with van der Waals surface area (Å²) in [6, 6.07) is 13.9. The first-order valence-electron chi connectivity index (χ1n) is 8.00. The Morgan fingerprint density at radius 2 is 1.68 bits per heavy atom. The quantitative estimate of drug-likeness (QED) is 0.548. The predicted molar refractivity (Wildman–Crippen MR) is 111 cm³/mol. The van der Waals surface area contributed by atoms with Crippen LogP contribution in [0, 0.1) is 3.57 Å². The smallest absolute Gasteiger partial charge is 0.225 e. The van der Waals surface area contributed by atoms with Crippen molar-refractivity contribution >= 4 is 40.0 Å². The van der Waals surface area contributed by atoms with Gasteiger partial charge in [0.1, 0.15) is 5.82 Å². The molecule has 0 aliphatic carbocycles. The molecule has 0 atom stereocenters. The van der Waals surface area contributed by atoms with Crippen molar-refractivity contribution in [3.05, 3.63) is 58.4 Å². The van der Waals surface area contributed by atoms with Gasteiger partial charge >= 0.3 is 0 Å². The molecule has 0 aliphatic heterocycles. The number of nitrogens with zero attached hydrogens (tertiary/aromatic N) is 3. The van der Waals surface area contributed by atoms with Gasteiger partial charge in [0.25, 0.3) is 0 Å². The molecule has 0 saturated carbocycles. The molecule has 0 fully saturated rings. The molecule has 2 heterocycles. The standard InChI is InChI=1S/C19H20IN5/c1-19(2,3)25-18-23-16(13-8-10-21-11-9-13)12-17(24-18)22-15-7-5-4-6-14(15)20/h4-12H,1-3H3,(H2,22,23,24,25). The van der Waals surface area contributed by atoms with E-state index >= 15 is 0 Å². The lowest BCUT2D eigenvalue weighted by molar-refractivity contribution is 0.626. The van der Waals surface area contributed by atoms with Crippen LogP contribution >= 0.6 is 22.6 Å². The molecular weight excluding hydrogens is 425 g/mol. The molecule has 0 amide bonds. The van der Waals surface area contributed by atoms with E-state index in [0.717, 1.165) is 26.3 Å². The summed E-state index contributed by atoms with van der Waals surface area (Å²) in [7, 11) is 0. The highest BCUT2D eigenvalue weighted by Crippen LogP contribution is 2.26. The summed E-state index contributed by atoms with van der Waals surface area (Å²) in [6.07, 6.45) is 3.53. The Hall–Kier alpha value is -2.22. The number of pyridine rings is 1. The molecule has 3 rings (SSSR count). The third kappa shape index (κ3) is 4.88.